The third-order valence-electron chi connectivity index (χ3n) is 5.83. The molecule has 1 aliphatic heterocycles. The van der Waals surface area contributed by atoms with Gasteiger partial charge in [-0.25, -0.2) is 15.0 Å². The van der Waals surface area contributed by atoms with Crippen LogP contribution in [0.3, 0.4) is 0 Å². The predicted octanol–water partition coefficient (Wildman–Crippen LogP) is 6.48. The Labute approximate surface area is 223 Å². The van der Waals surface area contributed by atoms with Crippen molar-refractivity contribution < 1.29 is 0 Å². The number of nitrogens with two attached hydrogens (primary N) is 1. The Morgan fingerprint density at radius 3 is 2.11 bits per heavy atom. The summed E-state index contributed by atoms with van der Waals surface area (Å²) in [7, 11) is 2.12. The van der Waals surface area contributed by atoms with Crippen LogP contribution in [0.25, 0.3) is 28.1 Å². The molecule has 5 rings (SSSR count). The molecule has 0 unspecified atom stereocenters. The topological polar surface area (TPSA) is 76.1 Å². The molecular formula is C27H35Cl2N7. The molecule has 3 aromatic heterocycles. The van der Waals surface area contributed by atoms with E-state index in [2.05, 4.69) is 26.8 Å². The van der Waals surface area contributed by atoms with Crippen molar-refractivity contribution in [3.63, 3.8) is 0 Å². The Balaban J connectivity index is 0.000000861. The minimum atomic E-state index is 0.451. The molecule has 2 N–H and O–H groups in total. The SMILES string of the molecule is CC.CC.Cc1nc2ccc(-c3ccnc(N)c3)nc2n1-c1cc(Cl)c(N2CCN(C)CC2)c(Cl)c1. The van der Waals surface area contributed by atoms with Gasteiger partial charge in [-0.1, -0.05) is 50.9 Å². The Morgan fingerprint density at radius 1 is 0.861 bits per heavy atom. The highest BCUT2D eigenvalue weighted by atomic mass is 35.5. The zero-order chi connectivity index (χ0) is 26.4. The van der Waals surface area contributed by atoms with Crippen molar-refractivity contribution in [1.29, 1.82) is 0 Å². The number of likely N-dealkylation sites (N-methyl/N-ethyl adjacent to an activating group) is 1. The highest BCUT2D eigenvalue weighted by molar-refractivity contribution is 6.39. The molecule has 4 heterocycles. The molecule has 0 bridgehead atoms. The summed E-state index contributed by atoms with van der Waals surface area (Å²) in [5, 5.41) is 1.24. The highest BCUT2D eigenvalue weighted by Crippen LogP contribution is 2.37. The second-order valence-corrected chi connectivity index (χ2v) is 8.87. The number of anilines is 2. The van der Waals surface area contributed by atoms with Gasteiger partial charge in [0.25, 0.3) is 0 Å². The van der Waals surface area contributed by atoms with E-state index in [0.29, 0.717) is 15.9 Å². The van der Waals surface area contributed by atoms with Crippen molar-refractivity contribution in [1.82, 2.24) is 24.4 Å². The number of aryl methyl sites for hydroxylation is 1. The van der Waals surface area contributed by atoms with E-state index in [4.69, 9.17) is 33.9 Å². The number of rotatable bonds is 3. The van der Waals surface area contributed by atoms with Gasteiger partial charge in [-0.05, 0) is 50.4 Å². The standard InChI is InChI=1S/C23H23Cl2N7.2C2H6/c1-14-28-20-4-3-19(15-5-6-27-21(26)11-15)29-23(20)32(14)16-12-17(24)22(18(25)13-16)31-9-7-30(2)8-10-31;2*1-2/h3-6,11-13H,7-10H2,1-2H3,(H2,26,27);2*1-2H3. The van der Waals surface area contributed by atoms with Gasteiger partial charge in [0.1, 0.15) is 17.2 Å². The van der Waals surface area contributed by atoms with E-state index in [9.17, 15) is 0 Å². The fourth-order valence-electron chi connectivity index (χ4n) is 4.16. The van der Waals surface area contributed by atoms with Crippen LogP contribution in [-0.2, 0) is 0 Å². The number of imidazole rings is 1. The second kappa shape index (κ2) is 12.4. The van der Waals surface area contributed by atoms with Crippen molar-refractivity contribution >= 4 is 45.9 Å². The van der Waals surface area contributed by atoms with Gasteiger partial charge >= 0.3 is 0 Å². The summed E-state index contributed by atoms with van der Waals surface area (Å²) in [5.41, 5.74) is 10.8. The van der Waals surface area contributed by atoms with Crippen LogP contribution in [0.5, 0.6) is 0 Å². The van der Waals surface area contributed by atoms with Gasteiger partial charge in [0, 0.05) is 37.9 Å². The molecule has 1 saturated heterocycles. The molecule has 1 aliphatic rings. The Hall–Kier alpha value is -2.87. The third-order valence-corrected chi connectivity index (χ3v) is 6.40. The van der Waals surface area contributed by atoms with E-state index < -0.39 is 0 Å². The van der Waals surface area contributed by atoms with Crippen LogP contribution >= 0.6 is 23.2 Å². The molecule has 9 heteroatoms. The maximum Gasteiger partial charge on any atom is 0.165 e. The summed E-state index contributed by atoms with van der Waals surface area (Å²) in [6.07, 6.45) is 1.68. The molecule has 192 valence electrons. The van der Waals surface area contributed by atoms with E-state index in [0.717, 1.165) is 65.8 Å². The number of hydrogen-bond acceptors (Lipinski definition) is 6. The number of hydrogen-bond donors (Lipinski definition) is 1. The number of nitrogens with zero attached hydrogens (tertiary/aromatic N) is 6. The maximum atomic E-state index is 6.75. The van der Waals surface area contributed by atoms with Gasteiger partial charge in [0.05, 0.1) is 27.1 Å². The zero-order valence-electron chi connectivity index (χ0n) is 21.9. The molecule has 1 aromatic carbocycles. The van der Waals surface area contributed by atoms with Gasteiger partial charge in [0.2, 0.25) is 0 Å². The molecule has 36 heavy (non-hydrogen) atoms. The molecule has 7 nitrogen and oxygen atoms in total. The second-order valence-electron chi connectivity index (χ2n) is 8.05. The number of halogens is 2. The number of fused-ring (bicyclic) bond motifs is 1. The minimum absolute atomic E-state index is 0.451. The molecule has 0 spiro atoms. The normalized spacial score (nSPS) is 13.6. The Kier molecular flexibility index (Phi) is 9.54. The molecule has 0 aliphatic carbocycles. The minimum Gasteiger partial charge on any atom is -0.384 e. The molecular weight excluding hydrogens is 493 g/mol. The fourth-order valence-corrected chi connectivity index (χ4v) is 4.88. The lowest BCUT2D eigenvalue weighted by atomic mass is 10.1. The summed E-state index contributed by atoms with van der Waals surface area (Å²) in [5.74, 6) is 1.26. The van der Waals surface area contributed by atoms with E-state index in [1.165, 1.54) is 0 Å². The lowest BCUT2D eigenvalue weighted by Crippen LogP contribution is -2.44. The van der Waals surface area contributed by atoms with Gasteiger partial charge in [0.15, 0.2) is 5.65 Å². The van der Waals surface area contributed by atoms with Crippen molar-refractivity contribution in [2.24, 2.45) is 0 Å². The highest BCUT2D eigenvalue weighted by Gasteiger charge is 2.21. The first-order valence-electron chi connectivity index (χ1n) is 12.4. The van der Waals surface area contributed by atoms with Gasteiger partial charge in [-0.15, -0.1) is 0 Å². The molecule has 0 saturated carbocycles. The number of piperazine rings is 1. The average Bonchev–Trinajstić information content (AvgIpc) is 3.22. The molecule has 0 radical (unpaired) electrons. The lowest BCUT2D eigenvalue weighted by molar-refractivity contribution is 0.313. The number of nitrogen functional groups attached to an aromatic ring is 1. The monoisotopic (exact) mass is 527 g/mol. The van der Waals surface area contributed by atoms with Gasteiger partial charge in [-0.2, -0.15) is 0 Å². The zero-order valence-corrected chi connectivity index (χ0v) is 23.4. The smallest absolute Gasteiger partial charge is 0.165 e. The summed E-state index contributed by atoms with van der Waals surface area (Å²) >= 11 is 13.5. The van der Waals surface area contributed by atoms with Crippen LogP contribution in [-0.4, -0.2) is 57.6 Å². The lowest BCUT2D eigenvalue weighted by Gasteiger charge is -2.35. The summed E-state index contributed by atoms with van der Waals surface area (Å²) in [6, 6.07) is 11.5. The first-order chi connectivity index (χ1) is 17.4. The number of pyridine rings is 2. The molecule has 0 atom stereocenters. The first-order valence-corrected chi connectivity index (χ1v) is 13.2. The van der Waals surface area contributed by atoms with E-state index >= 15 is 0 Å². The largest absolute Gasteiger partial charge is 0.384 e. The van der Waals surface area contributed by atoms with Crippen LogP contribution in [0.4, 0.5) is 11.5 Å². The number of aromatic nitrogens is 4. The van der Waals surface area contributed by atoms with Crippen LogP contribution < -0.4 is 10.6 Å². The summed E-state index contributed by atoms with van der Waals surface area (Å²) in [6.45, 7) is 13.7. The van der Waals surface area contributed by atoms with Gasteiger partial charge < -0.3 is 15.5 Å². The predicted molar refractivity (Wildman–Crippen MR) is 154 cm³/mol. The fraction of sp³-hybridized carbons (Fsp3) is 0.370. The quantitative estimate of drug-likeness (QED) is 0.328. The summed E-state index contributed by atoms with van der Waals surface area (Å²) < 4.78 is 1.98. The van der Waals surface area contributed by atoms with E-state index in [-0.39, 0.29) is 0 Å². The van der Waals surface area contributed by atoms with Crippen molar-refractivity contribution in [2.75, 3.05) is 43.9 Å². The van der Waals surface area contributed by atoms with E-state index in [1.807, 2.05) is 69.5 Å². The summed E-state index contributed by atoms with van der Waals surface area (Å²) in [4.78, 5) is 18.2. The molecule has 0 amide bonds. The van der Waals surface area contributed by atoms with E-state index in [1.54, 1.807) is 12.3 Å². The van der Waals surface area contributed by atoms with Crippen molar-refractivity contribution in [3.8, 4) is 16.9 Å². The third kappa shape index (κ3) is 5.75. The van der Waals surface area contributed by atoms with Crippen LogP contribution in [0.2, 0.25) is 10.0 Å². The first kappa shape index (κ1) is 27.7. The van der Waals surface area contributed by atoms with Gasteiger partial charge in [-0.3, -0.25) is 4.57 Å². The van der Waals surface area contributed by atoms with Crippen molar-refractivity contribution in [3.05, 3.63) is 58.5 Å². The van der Waals surface area contributed by atoms with Crippen molar-refractivity contribution in [2.45, 2.75) is 34.6 Å². The maximum absolute atomic E-state index is 6.75. The van der Waals surface area contributed by atoms with Crippen LogP contribution in [0, 0.1) is 6.92 Å². The van der Waals surface area contributed by atoms with Crippen LogP contribution in [0.1, 0.15) is 33.5 Å². The Morgan fingerprint density at radius 2 is 1.50 bits per heavy atom. The average molecular weight is 529 g/mol. The molecule has 4 aromatic rings. The Bertz CT molecular complexity index is 1290. The van der Waals surface area contributed by atoms with Crippen LogP contribution in [0.15, 0.2) is 42.6 Å². The molecule has 1 fully saturated rings. The number of benzene rings is 1.